The molecular formula is C21H19ClFN3O2S. The van der Waals surface area contributed by atoms with E-state index in [1.54, 1.807) is 24.3 Å². The van der Waals surface area contributed by atoms with Gasteiger partial charge in [-0.1, -0.05) is 47.6 Å². The molecule has 29 heavy (non-hydrogen) atoms. The number of carbonyl (C=O) groups is 2. The second-order valence-corrected chi connectivity index (χ2v) is 7.93. The third kappa shape index (κ3) is 4.86. The predicted octanol–water partition coefficient (Wildman–Crippen LogP) is 4.93. The Bertz CT molecular complexity index is 996. The molecule has 2 aromatic rings. The van der Waals surface area contributed by atoms with Gasteiger partial charge in [0.05, 0.1) is 11.4 Å². The fraction of sp³-hybridized carbons (Fsp3) is 0.190. The minimum Gasteiger partial charge on any atom is -0.324 e. The van der Waals surface area contributed by atoms with Crippen molar-refractivity contribution in [1.29, 1.82) is 0 Å². The first-order valence-corrected chi connectivity index (χ1v) is 10.1. The van der Waals surface area contributed by atoms with E-state index in [1.165, 1.54) is 34.9 Å². The lowest BCUT2D eigenvalue weighted by molar-refractivity contribution is -0.127. The number of para-hydroxylation sites is 1. The molecule has 0 unspecified atom stereocenters. The number of carbonyl (C=O) groups excluding carboxylic acids is 2. The van der Waals surface area contributed by atoms with Crippen molar-refractivity contribution in [2.45, 2.75) is 18.6 Å². The van der Waals surface area contributed by atoms with E-state index in [-0.39, 0.29) is 24.6 Å². The normalized spacial score (nSPS) is 17.6. The van der Waals surface area contributed by atoms with Crippen molar-refractivity contribution >= 4 is 51.7 Å². The second-order valence-electron chi connectivity index (χ2n) is 6.35. The summed E-state index contributed by atoms with van der Waals surface area (Å²) in [6.45, 7) is 5.80. The highest BCUT2D eigenvalue weighted by atomic mass is 35.5. The Hall–Kier alpha value is -2.64. The lowest BCUT2D eigenvalue weighted by atomic mass is 10.2. The number of hydrogen-bond donors (Lipinski definition) is 1. The Morgan fingerprint density at radius 1 is 1.34 bits per heavy atom. The number of rotatable bonds is 6. The largest absolute Gasteiger partial charge is 0.324 e. The van der Waals surface area contributed by atoms with Crippen LogP contribution in [0.1, 0.15) is 12.0 Å². The van der Waals surface area contributed by atoms with Gasteiger partial charge in [-0.2, -0.15) is 0 Å². The number of amidine groups is 1. The number of anilines is 1. The van der Waals surface area contributed by atoms with Crippen LogP contribution in [0.15, 0.2) is 60.1 Å². The van der Waals surface area contributed by atoms with Crippen molar-refractivity contribution in [1.82, 2.24) is 4.90 Å². The molecule has 5 nitrogen and oxygen atoms in total. The zero-order valence-electron chi connectivity index (χ0n) is 15.7. The summed E-state index contributed by atoms with van der Waals surface area (Å²) in [7, 11) is 0. The van der Waals surface area contributed by atoms with E-state index in [9.17, 15) is 14.0 Å². The maximum Gasteiger partial charge on any atom is 0.242 e. The van der Waals surface area contributed by atoms with E-state index >= 15 is 0 Å². The second kappa shape index (κ2) is 9.24. The van der Waals surface area contributed by atoms with Gasteiger partial charge in [0.2, 0.25) is 11.8 Å². The van der Waals surface area contributed by atoms with Gasteiger partial charge in [-0.3, -0.25) is 14.5 Å². The third-order valence-corrected chi connectivity index (χ3v) is 5.89. The van der Waals surface area contributed by atoms with Crippen LogP contribution in [0.5, 0.6) is 0 Å². The Kier molecular flexibility index (Phi) is 6.71. The molecule has 2 amide bonds. The number of hydrogen-bond acceptors (Lipinski definition) is 4. The van der Waals surface area contributed by atoms with Crippen LogP contribution in [-0.2, 0) is 9.59 Å². The molecule has 1 N–H and O–H groups in total. The first kappa shape index (κ1) is 21.1. The molecule has 1 atom stereocenters. The minimum absolute atomic E-state index is 0.0827. The van der Waals surface area contributed by atoms with Crippen LogP contribution in [-0.4, -0.2) is 33.7 Å². The number of thioether (sulfide) groups is 1. The highest BCUT2D eigenvalue weighted by molar-refractivity contribution is 8.15. The van der Waals surface area contributed by atoms with Gasteiger partial charge in [-0.25, -0.2) is 9.38 Å². The van der Waals surface area contributed by atoms with Crippen molar-refractivity contribution in [3.05, 3.63) is 71.5 Å². The average molecular weight is 432 g/mol. The van der Waals surface area contributed by atoms with E-state index in [4.69, 9.17) is 11.6 Å². The SMILES string of the molecule is C=CCN1C(=O)[C@H](CC(=O)Nc2ccccc2F)SC1=Nc1cccc(Cl)c1C. The van der Waals surface area contributed by atoms with Gasteiger partial charge in [0.25, 0.3) is 0 Å². The molecule has 1 saturated heterocycles. The first-order chi connectivity index (χ1) is 13.9. The molecule has 150 valence electrons. The molecule has 0 spiro atoms. The molecule has 3 rings (SSSR count). The molecule has 1 aliphatic rings. The number of nitrogens with one attached hydrogen (secondary N) is 1. The van der Waals surface area contributed by atoms with Gasteiger partial charge in [-0.15, -0.1) is 6.58 Å². The standard InChI is InChI=1S/C21H19ClFN3O2S/c1-3-11-26-20(28)18(12-19(27)24-17-9-5-4-8-15(17)23)29-21(26)25-16-10-6-7-14(22)13(16)2/h3-10,18H,1,11-12H2,2H3,(H,24,27)/t18-/m0/s1. The van der Waals surface area contributed by atoms with Crippen molar-refractivity contribution in [2.24, 2.45) is 4.99 Å². The Morgan fingerprint density at radius 2 is 2.10 bits per heavy atom. The molecule has 0 saturated carbocycles. The van der Waals surface area contributed by atoms with Crippen LogP contribution in [0, 0.1) is 12.7 Å². The Balaban J connectivity index is 1.79. The zero-order valence-corrected chi connectivity index (χ0v) is 17.3. The zero-order chi connectivity index (χ0) is 21.0. The fourth-order valence-corrected chi connectivity index (χ4v) is 4.10. The van der Waals surface area contributed by atoms with Crippen molar-refractivity contribution in [3.63, 3.8) is 0 Å². The van der Waals surface area contributed by atoms with Crippen LogP contribution in [0.25, 0.3) is 0 Å². The van der Waals surface area contributed by atoms with Gasteiger partial charge >= 0.3 is 0 Å². The van der Waals surface area contributed by atoms with Gasteiger partial charge < -0.3 is 5.32 Å². The van der Waals surface area contributed by atoms with Gasteiger partial charge in [0.1, 0.15) is 11.1 Å². The molecule has 1 aliphatic heterocycles. The maximum atomic E-state index is 13.7. The van der Waals surface area contributed by atoms with Crippen LogP contribution >= 0.6 is 23.4 Å². The summed E-state index contributed by atoms with van der Waals surface area (Å²) < 4.78 is 13.7. The van der Waals surface area contributed by atoms with E-state index in [0.29, 0.717) is 15.9 Å². The van der Waals surface area contributed by atoms with Crippen molar-refractivity contribution < 1.29 is 14.0 Å². The lowest BCUT2D eigenvalue weighted by Gasteiger charge is -2.14. The average Bonchev–Trinajstić information content (AvgIpc) is 2.96. The summed E-state index contributed by atoms with van der Waals surface area (Å²) in [6.07, 6.45) is 1.50. The van der Waals surface area contributed by atoms with E-state index < -0.39 is 17.0 Å². The number of halogens is 2. The molecule has 1 fully saturated rings. The Labute approximate surface area is 177 Å². The molecular weight excluding hydrogens is 413 g/mol. The van der Waals surface area contributed by atoms with Crippen LogP contribution in [0.2, 0.25) is 5.02 Å². The number of aliphatic imine (C=N–C) groups is 1. The summed E-state index contributed by atoms with van der Waals surface area (Å²) in [5.41, 5.74) is 1.53. The summed E-state index contributed by atoms with van der Waals surface area (Å²) in [6, 6.07) is 11.2. The molecule has 0 aromatic heterocycles. The lowest BCUT2D eigenvalue weighted by Crippen LogP contribution is -2.33. The van der Waals surface area contributed by atoms with Gasteiger partial charge in [0.15, 0.2) is 5.17 Å². The van der Waals surface area contributed by atoms with E-state index in [1.807, 2.05) is 13.0 Å². The molecule has 8 heteroatoms. The van der Waals surface area contributed by atoms with Crippen LogP contribution in [0.3, 0.4) is 0 Å². The summed E-state index contributed by atoms with van der Waals surface area (Å²) in [5.74, 6) is -1.21. The van der Waals surface area contributed by atoms with Crippen LogP contribution in [0.4, 0.5) is 15.8 Å². The fourth-order valence-electron chi connectivity index (χ4n) is 2.77. The summed E-state index contributed by atoms with van der Waals surface area (Å²) in [4.78, 5) is 31.2. The number of amides is 2. The van der Waals surface area contributed by atoms with Crippen molar-refractivity contribution in [3.8, 4) is 0 Å². The number of nitrogens with zero attached hydrogens (tertiary/aromatic N) is 2. The summed E-state index contributed by atoms with van der Waals surface area (Å²) in [5, 5.41) is 2.91. The van der Waals surface area contributed by atoms with Gasteiger partial charge in [0, 0.05) is 18.0 Å². The molecule has 2 aromatic carbocycles. The number of benzene rings is 2. The summed E-state index contributed by atoms with van der Waals surface area (Å²) >= 11 is 7.36. The molecule has 0 bridgehead atoms. The highest BCUT2D eigenvalue weighted by Crippen LogP contribution is 2.34. The monoisotopic (exact) mass is 431 g/mol. The maximum absolute atomic E-state index is 13.7. The molecule has 0 aliphatic carbocycles. The Morgan fingerprint density at radius 3 is 2.83 bits per heavy atom. The van der Waals surface area contributed by atoms with Crippen LogP contribution < -0.4 is 5.32 Å². The van der Waals surface area contributed by atoms with Crippen molar-refractivity contribution in [2.75, 3.05) is 11.9 Å². The topological polar surface area (TPSA) is 61.8 Å². The van der Waals surface area contributed by atoms with E-state index in [0.717, 1.165) is 5.56 Å². The first-order valence-electron chi connectivity index (χ1n) is 8.88. The molecule has 1 heterocycles. The smallest absolute Gasteiger partial charge is 0.242 e. The predicted molar refractivity (Wildman–Crippen MR) is 116 cm³/mol. The third-order valence-electron chi connectivity index (χ3n) is 4.31. The molecule has 0 radical (unpaired) electrons. The van der Waals surface area contributed by atoms with Gasteiger partial charge in [-0.05, 0) is 36.8 Å². The minimum atomic E-state index is -0.653. The quantitative estimate of drug-likeness (QED) is 0.659. The highest BCUT2D eigenvalue weighted by Gasteiger charge is 2.38. The van der Waals surface area contributed by atoms with E-state index in [2.05, 4.69) is 16.9 Å².